The largest absolute Gasteiger partial charge is 0.481 e. The minimum absolute atomic E-state index is 0.197. The molecule has 1 aliphatic heterocycles. The number of carboxylic acid groups (broad SMARTS) is 1. The number of halogens is 2. The molecule has 1 aromatic carbocycles. The standard InChI is InChI=1S/C13H14Br2N2O3/c14-9-1-2-11(10(15)7-9)16-13(20)17-5-3-8(4-6-17)12(18)19/h1-2,7-8H,3-6H2,(H,16,20)(H,18,19). The topological polar surface area (TPSA) is 69.6 Å². The van der Waals surface area contributed by atoms with Crippen LogP contribution in [0.5, 0.6) is 0 Å². The second-order valence-corrected chi connectivity index (χ2v) is 6.42. The Labute approximate surface area is 133 Å². The first kappa shape index (κ1) is 15.3. The van der Waals surface area contributed by atoms with Crippen molar-refractivity contribution in [3.63, 3.8) is 0 Å². The number of hydrogen-bond acceptors (Lipinski definition) is 2. The summed E-state index contributed by atoms with van der Waals surface area (Å²) in [5.74, 6) is -1.11. The van der Waals surface area contributed by atoms with E-state index >= 15 is 0 Å². The number of likely N-dealkylation sites (tertiary alicyclic amines) is 1. The Morgan fingerprint density at radius 2 is 1.90 bits per heavy atom. The van der Waals surface area contributed by atoms with Gasteiger partial charge in [-0.05, 0) is 47.0 Å². The van der Waals surface area contributed by atoms with Gasteiger partial charge >= 0.3 is 12.0 Å². The monoisotopic (exact) mass is 404 g/mol. The van der Waals surface area contributed by atoms with Crippen LogP contribution in [-0.2, 0) is 4.79 Å². The number of rotatable bonds is 2. The number of aliphatic carboxylic acids is 1. The van der Waals surface area contributed by atoms with Gasteiger partial charge in [-0.3, -0.25) is 4.79 Å². The maximum Gasteiger partial charge on any atom is 0.321 e. The predicted octanol–water partition coefficient (Wildman–Crippen LogP) is 3.54. The number of anilines is 1. The third-order valence-corrected chi connectivity index (χ3v) is 4.45. The molecule has 20 heavy (non-hydrogen) atoms. The zero-order valence-electron chi connectivity index (χ0n) is 10.6. The molecule has 0 bridgehead atoms. The molecule has 7 heteroatoms. The molecule has 5 nitrogen and oxygen atoms in total. The number of carbonyl (C=O) groups excluding carboxylic acids is 1. The number of nitrogens with zero attached hydrogens (tertiary/aromatic N) is 1. The van der Waals surface area contributed by atoms with Gasteiger partial charge in [-0.2, -0.15) is 0 Å². The Morgan fingerprint density at radius 1 is 1.25 bits per heavy atom. The van der Waals surface area contributed by atoms with Crippen molar-refractivity contribution < 1.29 is 14.7 Å². The molecule has 0 saturated carbocycles. The number of amides is 2. The molecular formula is C13H14Br2N2O3. The third kappa shape index (κ3) is 3.73. The van der Waals surface area contributed by atoms with Crippen LogP contribution < -0.4 is 5.32 Å². The lowest BCUT2D eigenvalue weighted by Gasteiger charge is -2.30. The average molecular weight is 406 g/mol. The normalized spacial score (nSPS) is 16.0. The lowest BCUT2D eigenvalue weighted by Crippen LogP contribution is -2.42. The Kier molecular flexibility index (Phi) is 5.04. The molecule has 0 radical (unpaired) electrons. The molecule has 2 rings (SSSR count). The van der Waals surface area contributed by atoms with Gasteiger partial charge in [-0.15, -0.1) is 0 Å². The van der Waals surface area contributed by atoms with Crippen LogP contribution in [0, 0.1) is 5.92 Å². The van der Waals surface area contributed by atoms with Crippen LogP contribution in [0.25, 0.3) is 0 Å². The minimum Gasteiger partial charge on any atom is -0.481 e. The van der Waals surface area contributed by atoms with Crippen molar-refractivity contribution >= 4 is 49.5 Å². The smallest absolute Gasteiger partial charge is 0.321 e. The minimum atomic E-state index is -0.777. The van der Waals surface area contributed by atoms with Crippen molar-refractivity contribution in [2.45, 2.75) is 12.8 Å². The van der Waals surface area contributed by atoms with Gasteiger partial charge in [-0.25, -0.2) is 4.79 Å². The number of piperidine rings is 1. The van der Waals surface area contributed by atoms with Gasteiger partial charge in [0.2, 0.25) is 0 Å². The molecular weight excluding hydrogens is 392 g/mol. The van der Waals surface area contributed by atoms with Crippen molar-refractivity contribution in [2.75, 3.05) is 18.4 Å². The molecule has 1 aliphatic rings. The van der Waals surface area contributed by atoms with Gasteiger partial charge in [0.25, 0.3) is 0 Å². The number of hydrogen-bond donors (Lipinski definition) is 2. The lowest BCUT2D eigenvalue weighted by molar-refractivity contribution is -0.143. The molecule has 0 aliphatic carbocycles. The van der Waals surface area contributed by atoms with E-state index in [0.717, 1.165) is 8.95 Å². The molecule has 2 N–H and O–H groups in total. The van der Waals surface area contributed by atoms with Crippen LogP contribution in [0.4, 0.5) is 10.5 Å². The highest BCUT2D eigenvalue weighted by Crippen LogP contribution is 2.27. The van der Waals surface area contributed by atoms with Crippen LogP contribution in [0.2, 0.25) is 0 Å². The molecule has 1 heterocycles. The molecule has 0 spiro atoms. The Morgan fingerprint density at radius 3 is 2.45 bits per heavy atom. The number of benzene rings is 1. The van der Waals surface area contributed by atoms with Crippen molar-refractivity contribution in [3.8, 4) is 0 Å². The lowest BCUT2D eigenvalue weighted by atomic mass is 9.97. The van der Waals surface area contributed by atoms with Gasteiger partial charge in [0.15, 0.2) is 0 Å². The molecule has 0 unspecified atom stereocenters. The molecule has 0 atom stereocenters. The van der Waals surface area contributed by atoms with Gasteiger partial charge in [0.1, 0.15) is 0 Å². The Hall–Kier alpha value is -1.08. The highest BCUT2D eigenvalue weighted by Gasteiger charge is 2.27. The third-order valence-electron chi connectivity index (χ3n) is 3.30. The first-order chi connectivity index (χ1) is 9.47. The molecule has 108 valence electrons. The summed E-state index contributed by atoms with van der Waals surface area (Å²) < 4.78 is 1.71. The predicted molar refractivity (Wildman–Crippen MR) is 82.8 cm³/mol. The number of carbonyl (C=O) groups is 2. The fraction of sp³-hybridized carbons (Fsp3) is 0.385. The van der Waals surface area contributed by atoms with Crippen molar-refractivity contribution in [1.29, 1.82) is 0 Å². The SMILES string of the molecule is O=C(O)C1CCN(C(=O)Nc2ccc(Br)cc2Br)CC1. The summed E-state index contributed by atoms with van der Waals surface area (Å²) >= 11 is 6.74. The molecule has 2 amide bonds. The number of carboxylic acids is 1. The highest BCUT2D eigenvalue weighted by molar-refractivity contribution is 9.11. The Balaban J connectivity index is 1.94. The fourth-order valence-electron chi connectivity index (χ4n) is 2.11. The quantitative estimate of drug-likeness (QED) is 0.790. The van der Waals surface area contributed by atoms with E-state index in [1.165, 1.54) is 0 Å². The summed E-state index contributed by atoms with van der Waals surface area (Å²) in [7, 11) is 0. The van der Waals surface area contributed by atoms with Crippen LogP contribution >= 0.6 is 31.9 Å². The number of urea groups is 1. The van der Waals surface area contributed by atoms with Gasteiger partial charge in [0.05, 0.1) is 11.6 Å². The maximum atomic E-state index is 12.1. The van der Waals surface area contributed by atoms with Gasteiger partial charge < -0.3 is 15.3 Å². The van der Waals surface area contributed by atoms with E-state index in [4.69, 9.17) is 5.11 Å². The summed E-state index contributed by atoms with van der Waals surface area (Å²) in [6, 6.07) is 5.30. The highest BCUT2D eigenvalue weighted by atomic mass is 79.9. The summed E-state index contributed by atoms with van der Waals surface area (Å²) in [6.45, 7) is 0.938. The first-order valence-electron chi connectivity index (χ1n) is 6.21. The van der Waals surface area contributed by atoms with Crippen molar-refractivity contribution in [2.24, 2.45) is 5.92 Å². The van der Waals surface area contributed by atoms with Crippen LogP contribution in [0.1, 0.15) is 12.8 Å². The van der Waals surface area contributed by atoms with E-state index in [1.54, 1.807) is 11.0 Å². The van der Waals surface area contributed by atoms with Crippen LogP contribution in [0.15, 0.2) is 27.1 Å². The average Bonchev–Trinajstić information content (AvgIpc) is 2.42. The van der Waals surface area contributed by atoms with Crippen molar-refractivity contribution in [3.05, 3.63) is 27.1 Å². The molecule has 1 aromatic rings. The van der Waals surface area contributed by atoms with E-state index in [0.29, 0.717) is 31.6 Å². The second kappa shape index (κ2) is 6.58. The van der Waals surface area contributed by atoms with Crippen LogP contribution in [-0.4, -0.2) is 35.1 Å². The first-order valence-corrected chi connectivity index (χ1v) is 7.80. The summed E-state index contributed by atoms with van der Waals surface area (Å²) in [5.41, 5.74) is 0.693. The van der Waals surface area contributed by atoms with Gasteiger partial charge in [-0.1, -0.05) is 15.9 Å². The van der Waals surface area contributed by atoms with E-state index in [-0.39, 0.29) is 11.9 Å². The summed E-state index contributed by atoms with van der Waals surface area (Å²) in [4.78, 5) is 24.6. The molecule has 0 aromatic heterocycles. The fourth-order valence-corrected chi connectivity index (χ4v) is 3.26. The zero-order chi connectivity index (χ0) is 14.7. The number of nitrogens with one attached hydrogen (secondary N) is 1. The molecule has 1 fully saturated rings. The van der Waals surface area contributed by atoms with Gasteiger partial charge in [0, 0.05) is 22.0 Å². The van der Waals surface area contributed by atoms with E-state index < -0.39 is 5.97 Å². The second-order valence-electron chi connectivity index (χ2n) is 4.65. The Bertz CT molecular complexity index is 528. The van der Waals surface area contributed by atoms with E-state index in [1.807, 2.05) is 12.1 Å². The van der Waals surface area contributed by atoms with Crippen LogP contribution in [0.3, 0.4) is 0 Å². The van der Waals surface area contributed by atoms with E-state index in [2.05, 4.69) is 37.2 Å². The maximum absolute atomic E-state index is 12.1. The molecule has 1 saturated heterocycles. The van der Waals surface area contributed by atoms with Crippen molar-refractivity contribution in [1.82, 2.24) is 4.90 Å². The van der Waals surface area contributed by atoms with E-state index in [9.17, 15) is 9.59 Å². The summed E-state index contributed by atoms with van der Waals surface area (Å²) in [6.07, 6.45) is 1.01. The zero-order valence-corrected chi connectivity index (χ0v) is 13.8. The summed E-state index contributed by atoms with van der Waals surface area (Å²) in [5, 5.41) is 11.8.